The van der Waals surface area contributed by atoms with Crippen molar-refractivity contribution in [3.05, 3.63) is 0 Å². The van der Waals surface area contributed by atoms with E-state index in [0.29, 0.717) is 6.04 Å². The summed E-state index contributed by atoms with van der Waals surface area (Å²) in [6, 6.07) is 0.525. The largest absolute Gasteiger partial charge is 0.354 e. The van der Waals surface area contributed by atoms with Crippen molar-refractivity contribution in [2.24, 2.45) is 0 Å². The second-order valence-electron chi connectivity index (χ2n) is 15.7. The summed E-state index contributed by atoms with van der Waals surface area (Å²) in [5, 5.41) is 2.78. The summed E-state index contributed by atoms with van der Waals surface area (Å²) in [4.78, 5) is 24.2. The van der Waals surface area contributed by atoms with Gasteiger partial charge >= 0.3 is 0 Å². The Labute approximate surface area is 422 Å². The summed E-state index contributed by atoms with van der Waals surface area (Å²) >= 11 is 0. The van der Waals surface area contributed by atoms with Crippen LogP contribution in [0.1, 0.15) is 26.7 Å². The predicted molar refractivity (Wildman–Crippen MR) is 330 cm³/mol. The second kappa shape index (κ2) is 35.2. The number of carbonyl (C=O) groups excluding carboxylic acids is 2. The average Bonchev–Trinajstić information content (AvgIpc) is 3.89. The number of hydroxylamine groups is 1. The third kappa shape index (κ3) is 26.2. The SMILES string of the molecule is CC(=O)NC1CC1.CONC(C)=O.[B]B([B])B([B])B(B([B])[B])B(B(B([B])[B])B([B])[B])B(B([B])[B])B([B])[B].[B][B]B(B([B])[B])B(B([B])[B])B(B(B([B])[B])B([B])[B])B(B([B])[B])B([B])[B]. The van der Waals surface area contributed by atoms with Gasteiger partial charge in [0.2, 0.25) is 11.8 Å². The van der Waals surface area contributed by atoms with Gasteiger partial charge in [-0.3, -0.25) is 14.4 Å². The molecule has 5 nitrogen and oxygen atoms in total. The molecule has 0 saturated heterocycles. The molecule has 0 aromatic heterocycles. The molecule has 0 heterocycles. The van der Waals surface area contributed by atoms with Crippen molar-refractivity contribution in [1.82, 2.24) is 10.8 Å². The molecule has 1 rings (SSSR count). The fourth-order valence-electron chi connectivity index (χ4n) is 7.59. The van der Waals surface area contributed by atoms with Gasteiger partial charge in [-0.15, -0.1) is 0 Å². The summed E-state index contributed by atoms with van der Waals surface area (Å²) in [6.45, 7) is 2.93. The minimum Gasteiger partial charge on any atom is -0.354 e. The fraction of sp³-hybridized carbons (Fsp3) is 0.750. The molecule has 223 valence electrons. The first-order valence-corrected chi connectivity index (χ1v) is 19.8. The van der Waals surface area contributed by atoms with E-state index in [9.17, 15) is 9.59 Å². The fourth-order valence-corrected chi connectivity index (χ4v) is 7.59. The molecule has 0 unspecified atom stereocenters. The third-order valence-corrected chi connectivity index (χ3v) is 10.3. The van der Waals surface area contributed by atoms with E-state index in [1.165, 1.54) is 33.9 Å². The highest BCUT2D eigenvalue weighted by Gasteiger charge is 2.50. The third-order valence-electron chi connectivity index (χ3n) is 10.3. The lowest BCUT2D eigenvalue weighted by molar-refractivity contribution is -0.129. The standard InChI is InChI=1S/C5H9NO.C3H7NO2.B25.B24/c1-4(7)6-5-2-3-5;1-3(5)4-6-2;1-14-21(15(2)3)24(20(12)13)25(22(16(4)5)17(6)7)23(18(8)9)19(10)11;1-14(2)20(13)23(19(11)12)24(21(15(3)4)16(5)6)22(17(7)8)18(9)10/h5H,2-3H2,1H3,(H,6,7);1-2H3,(H,4,5);;. The Morgan fingerprint density at radius 2 is 0.694 bits per heavy atom. The molecule has 0 spiro atoms. The lowest BCUT2D eigenvalue weighted by Crippen LogP contribution is -2.85. The van der Waals surface area contributed by atoms with Crippen molar-refractivity contribution in [3.8, 4) is 0 Å². The van der Waals surface area contributed by atoms with Crippen LogP contribution in [0.2, 0.25) is 0 Å². The minimum absolute atomic E-state index is 0.0995. The van der Waals surface area contributed by atoms with Gasteiger partial charge in [-0.1, -0.05) is 0 Å². The number of carbonyl (C=O) groups is 2. The van der Waals surface area contributed by atoms with Crippen molar-refractivity contribution < 1.29 is 14.4 Å². The van der Waals surface area contributed by atoms with E-state index in [4.69, 9.17) is 201 Å². The summed E-state index contributed by atoms with van der Waals surface area (Å²) in [6.07, 6.45) is -16.4. The van der Waals surface area contributed by atoms with E-state index in [-0.39, 0.29) is 11.8 Å². The zero-order chi connectivity index (χ0) is 49.7. The Balaban J connectivity index is -0.000000868. The molecule has 1 aliphatic carbocycles. The van der Waals surface area contributed by atoms with Crippen LogP contribution in [0.15, 0.2) is 0 Å². The highest BCUT2D eigenvalue weighted by atomic mass is 16.6. The highest BCUT2D eigenvalue weighted by Crippen LogP contribution is 2.18. The van der Waals surface area contributed by atoms with E-state index in [2.05, 4.69) is 15.6 Å². The maximum Gasteiger partial charge on any atom is 0.240 e. The van der Waals surface area contributed by atoms with Crippen molar-refractivity contribution in [2.45, 2.75) is 32.7 Å². The molecule has 2 N–H and O–H groups in total. The summed E-state index contributed by atoms with van der Waals surface area (Å²) < 4.78 is 0. The predicted octanol–water partition coefficient (Wildman–Crippen LogP) is -18.7. The van der Waals surface area contributed by atoms with Crippen LogP contribution < -0.4 is 10.8 Å². The van der Waals surface area contributed by atoms with Gasteiger partial charge in [-0.05, 0) is 12.8 Å². The van der Waals surface area contributed by atoms with Gasteiger partial charge in [0.1, 0.15) is 0 Å². The molecule has 62 heavy (non-hydrogen) atoms. The quantitative estimate of drug-likeness (QED) is 0.0817. The van der Waals surface area contributed by atoms with Crippen molar-refractivity contribution in [2.75, 3.05) is 7.11 Å². The van der Waals surface area contributed by atoms with Crippen molar-refractivity contribution in [3.63, 3.8) is 0 Å². The molecule has 0 aromatic carbocycles. The Bertz CT molecular complexity index is 1080. The molecule has 1 fully saturated rings. The normalized spacial score (nSPS) is 10.2. The average molecular weight is 718 g/mol. The van der Waals surface area contributed by atoms with Gasteiger partial charge in [-0.2, -0.15) is 0 Å². The first-order chi connectivity index (χ1) is 28.3. The molecule has 53 radical (unpaired) electrons. The van der Waals surface area contributed by atoms with E-state index in [1.807, 2.05) is 0 Å². The summed E-state index contributed by atoms with van der Waals surface area (Å²) in [5.41, 5.74) is 2.07. The van der Waals surface area contributed by atoms with Crippen LogP contribution in [-0.4, -0.2) is 374 Å². The molecular formula is C8H16B49N2O3. The van der Waals surface area contributed by atoms with E-state index < -0.39 is 140 Å². The number of hydrogen-bond acceptors (Lipinski definition) is 3. The lowest BCUT2D eigenvalue weighted by Gasteiger charge is -2.47. The van der Waals surface area contributed by atoms with Gasteiger partial charge in [-0.25, -0.2) is 5.48 Å². The monoisotopic (exact) mass is 728 g/mol. The second-order valence-corrected chi connectivity index (χ2v) is 15.7. The molecule has 54 heteroatoms. The Hall–Kier alpha value is 2.08. The van der Waals surface area contributed by atoms with Crippen LogP contribution in [0, 0.1) is 0 Å². The first-order valence-electron chi connectivity index (χ1n) is 19.8. The zero-order valence-electron chi connectivity index (χ0n) is 36.5. The number of hydrogen-bond donors (Lipinski definition) is 2. The maximum absolute atomic E-state index is 10.2. The molecule has 2 amide bonds. The van der Waals surface area contributed by atoms with Crippen LogP contribution >= 0.6 is 0 Å². The van der Waals surface area contributed by atoms with Crippen LogP contribution in [-0.2, 0) is 14.4 Å². The molecule has 1 saturated carbocycles. The topological polar surface area (TPSA) is 67.4 Å². The zero-order valence-corrected chi connectivity index (χ0v) is 36.5. The summed E-state index contributed by atoms with van der Waals surface area (Å²) in [5.74, 6) is -0.0833. The van der Waals surface area contributed by atoms with Gasteiger partial charge in [0.05, 0.1) is 7.11 Å². The van der Waals surface area contributed by atoms with Gasteiger partial charge in [0.25, 0.3) is 0 Å². The molecule has 0 aliphatic heterocycles. The number of rotatable bonds is 23. The highest BCUT2D eigenvalue weighted by molar-refractivity contribution is 8.25. The van der Waals surface area contributed by atoms with Gasteiger partial charge < -0.3 is 5.32 Å². The minimum atomic E-state index is -0.973. The van der Waals surface area contributed by atoms with Crippen molar-refractivity contribution >= 4 is 361 Å². The number of nitrogens with one attached hydrogen (secondary N) is 2. The van der Waals surface area contributed by atoms with Gasteiger partial charge in [0.15, 0.2) is 0 Å². The Morgan fingerprint density at radius 1 is 0.419 bits per heavy atom. The van der Waals surface area contributed by atoms with Crippen LogP contribution in [0.3, 0.4) is 0 Å². The van der Waals surface area contributed by atoms with Crippen LogP contribution in [0.4, 0.5) is 0 Å². The Kier molecular flexibility index (Phi) is 38.8. The molecule has 0 atom stereocenters. The molecule has 0 bridgehead atoms. The number of amides is 2. The Morgan fingerprint density at radius 3 is 0.823 bits per heavy atom. The lowest BCUT2D eigenvalue weighted by atomic mass is 8.35. The summed E-state index contributed by atoms with van der Waals surface area (Å²) in [7, 11) is 155. The molecular weight excluding hydrogens is 702 g/mol. The maximum atomic E-state index is 10.2. The molecule has 1 aliphatic rings. The van der Waals surface area contributed by atoms with E-state index in [0.717, 1.165) is 0 Å². The van der Waals surface area contributed by atoms with Crippen LogP contribution in [0.5, 0.6) is 0 Å². The van der Waals surface area contributed by atoms with E-state index >= 15 is 0 Å². The first kappa shape index (κ1) is 68.3. The smallest absolute Gasteiger partial charge is 0.240 e. The van der Waals surface area contributed by atoms with Gasteiger partial charge in [0, 0.05) is 369 Å². The van der Waals surface area contributed by atoms with Crippen molar-refractivity contribution in [1.29, 1.82) is 0 Å². The van der Waals surface area contributed by atoms with E-state index in [1.54, 1.807) is 6.92 Å². The van der Waals surface area contributed by atoms with Crippen LogP contribution in [0.25, 0.3) is 0 Å². The molecule has 0 aromatic rings.